The monoisotopic (exact) mass is 497 g/mol. The van der Waals surface area contributed by atoms with Crippen LogP contribution < -0.4 is 10.6 Å². The largest absolute Gasteiger partial charge is 0.461 e. The van der Waals surface area contributed by atoms with E-state index < -0.39 is 5.92 Å². The van der Waals surface area contributed by atoms with E-state index in [0.29, 0.717) is 30.7 Å². The summed E-state index contributed by atoms with van der Waals surface area (Å²) >= 11 is 0. The maximum atomic E-state index is 12.9. The van der Waals surface area contributed by atoms with E-state index in [1.54, 1.807) is 0 Å². The van der Waals surface area contributed by atoms with Gasteiger partial charge in [-0.15, -0.1) is 6.42 Å². The molecule has 6 aliphatic rings. The Labute approximate surface area is 215 Å². The van der Waals surface area contributed by atoms with Gasteiger partial charge in [-0.2, -0.15) is 0 Å². The van der Waals surface area contributed by atoms with Crippen molar-refractivity contribution in [3.8, 4) is 12.3 Å². The fourth-order valence-corrected chi connectivity index (χ4v) is 7.91. The van der Waals surface area contributed by atoms with Gasteiger partial charge in [-0.3, -0.25) is 14.4 Å². The fraction of sp³-hybridized carbons (Fsp3) is 0.828. The molecular formula is C29H43N3O4. The Kier molecular flexibility index (Phi) is 8.20. The van der Waals surface area contributed by atoms with Crippen molar-refractivity contribution in [2.45, 2.75) is 76.7 Å². The quantitative estimate of drug-likeness (QED) is 0.398. The van der Waals surface area contributed by atoms with Crippen molar-refractivity contribution >= 4 is 17.8 Å². The number of rotatable bonds is 8. The van der Waals surface area contributed by atoms with Crippen molar-refractivity contribution in [3.63, 3.8) is 0 Å². The van der Waals surface area contributed by atoms with E-state index in [0.717, 1.165) is 63.6 Å². The molecular weight excluding hydrogens is 454 g/mol. The van der Waals surface area contributed by atoms with E-state index in [4.69, 9.17) is 11.2 Å². The Bertz CT molecular complexity index is 833. The van der Waals surface area contributed by atoms with Crippen LogP contribution in [0, 0.1) is 53.8 Å². The third kappa shape index (κ3) is 5.90. The fourth-order valence-electron chi connectivity index (χ4n) is 7.91. The van der Waals surface area contributed by atoms with E-state index in [1.165, 1.54) is 32.1 Å². The van der Waals surface area contributed by atoms with Gasteiger partial charge in [-0.25, -0.2) is 0 Å². The molecule has 2 aliphatic heterocycles. The van der Waals surface area contributed by atoms with Gasteiger partial charge in [-0.1, -0.05) is 5.92 Å². The first-order valence-corrected chi connectivity index (χ1v) is 14.4. The van der Waals surface area contributed by atoms with Crippen molar-refractivity contribution in [2.75, 3.05) is 32.7 Å². The lowest BCUT2D eigenvalue weighted by molar-refractivity contribution is -0.173. The molecule has 0 radical (unpaired) electrons. The number of hydrogen-bond acceptors (Lipinski definition) is 5. The highest BCUT2D eigenvalue weighted by Gasteiger charge is 2.50. The second-order valence-corrected chi connectivity index (χ2v) is 12.2. The van der Waals surface area contributed by atoms with Crippen LogP contribution in [0.15, 0.2) is 0 Å². The van der Waals surface area contributed by atoms with Crippen LogP contribution in [0.25, 0.3) is 0 Å². The number of piperidine rings is 2. The summed E-state index contributed by atoms with van der Waals surface area (Å²) in [6.07, 6.45) is 17.1. The van der Waals surface area contributed by atoms with Crippen LogP contribution in [-0.2, 0) is 19.1 Å². The Morgan fingerprint density at radius 1 is 1.03 bits per heavy atom. The highest BCUT2D eigenvalue weighted by atomic mass is 16.5. The van der Waals surface area contributed by atoms with Gasteiger partial charge < -0.3 is 20.3 Å². The van der Waals surface area contributed by atoms with Gasteiger partial charge in [0.05, 0.1) is 5.92 Å². The molecule has 2 atom stereocenters. The molecule has 4 aliphatic carbocycles. The number of carbonyl (C=O) groups excluding carboxylic acids is 3. The lowest BCUT2D eigenvalue weighted by atomic mass is 9.55. The van der Waals surface area contributed by atoms with Crippen LogP contribution in [0.2, 0.25) is 0 Å². The number of ether oxygens (including phenoxy) is 1. The summed E-state index contributed by atoms with van der Waals surface area (Å²) in [5.74, 6) is 4.43. The van der Waals surface area contributed by atoms with Gasteiger partial charge >= 0.3 is 5.97 Å². The smallest absolute Gasteiger partial charge is 0.323 e. The van der Waals surface area contributed by atoms with Crippen molar-refractivity contribution < 1.29 is 19.1 Å². The summed E-state index contributed by atoms with van der Waals surface area (Å²) in [6.45, 7) is 3.36. The Morgan fingerprint density at radius 3 is 2.39 bits per heavy atom. The normalized spacial score (nSPS) is 34.6. The lowest BCUT2D eigenvalue weighted by Gasteiger charge is -2.53. The molecule has 0 spiro atoms. The Hall–Kier alpha value is -2.07. The van der Waals surface area contributed by atoms with Gasteiger partial charge in [0.25, 0.3) is 0 Å². The molecule has 6 fully saturated rings. The maximum Gasteiger partial charge on any atom is 0.323 e. The summed E-state index contributed by atoms with van der Waals surface area (Å²) in [4.78, 5) is 40.5. The highest BCUT2D eigenvalue weighted by molar-refractivity contribution is 5.82. The molecule has 0 unspecified atom stereocenters. The number of esters is 1. The number of nitrogens with zero attached hydrogens (tertiary/aromatic N) is 1. The third-order valence-corrected chi connectivity index (χ3v) is 9.73. The number of likely N-dealkylation sites (tertiary alicyclic amines) is 1. The van der Waals surface area contributed by atoms with Crippen LogP contribution >= 0.6 is 0 Å². The van der Waals surface area contributed by atoms with E-state index in [-0.39, 0.29) is 36.4 Å². The predicted octanol–water partition coefficient (Wildman–Crippen LogP) is 2.74. The molecule has 2 heterocycles. The SMILES string of the molecule is C#C[C@@H](CNC(=O)[C@@H]1CCCN(C(=O)CCC2CCNCC2)C1)C(=O)OC1C2CC3CC(C2)CC1C3. The van der Waals surface area contributed by atoms with Gasteiger partial charge in [0.15, 0.2) is 0 Å². The van der Waals surface area contributed by atoms with Crippen molar-refractivity contribution in [3.05, 3.63) is 0 Å². The molecule has 7 nitrogen and oxygen atoms in total. The van der Waals surface area contributed by atoms with Gasteiger partial charge in [0.1, 0.15) is 12.0 Å². The molecule has 6 rings (SSSR count). The zero-order valence-corrected chi connectivity index (χ0v) is 21.6. The second-order valence-electron chi connectivity index (χ2n) is 12.2. The zero-order chi connectivity index (χ0) is 25.1. The molecule has 0 aromatic carbocycles. The number of terminal acetylenes is 1. The van der Waals surface area contributed by atoms with Crippen LogP contribution in [0.1, 0.15) is 70.6 Å². The van der Waals surface area contributed by atoms with E-state index in [1.807, 2.05) is 4.90 Å². The van der Waals surface area contributed by atoms with E-state index in [2.05, 4.69) is 16.6 Å². The molecule has 4 saturated carbocycles. The maximum absolute atomic E-state index is 12.9. The summed E-state index contributed by atoms with van der Waals surface area (Å²) in [5.41, 5.74) is 0. The van der Waals surface area contributed by atoms with Crippen LogP contribution in [0.3, 0.4) is 0 Å². The number of hydrogen-bond donors (Lipinski definition) is 2. The predicted molar refractivity (Wildman–Crippen MR) is 136 cm³/mol. The average Bonchev–Trinajstić information content (AvgIpc) is 2.90. The summed E-state index contributed by atoms with van der Waals surface area (Å²) in [7, 11) is 0. The standard InChI is InChI=1S/C29H43N3O4/c1-2-22(29(35)36-27-24-13-20-12-21(15-24)16-25(27)14-20)17-31-28(34)23-4-3-11-32(18-23)26(33)6-5-19-7-9-30-10-8-19/h1,19-25,27,30H,3-18H2,(H,31,34)/t20?,21?,22-,23+,24?,25?,27?/m0/s1. The molecule has 2 N–H and O–H groups in total. The van der Waals surface area contributed by atoms with Crippen LogP contribution in [0.4, 0.5) is 0 Å². The minimum atomic E-state index is -0.766. The number of amides is 2. The highest BCUT2D eigenvalue weighted by Crippen LogP contribution is 2.54. The lowest BCUT2D eigenvalue weighted by Crippen LogP contribution is -2.51. The first-order chi connectivity index (χ1) is 17.5. The number of carbonyl (C=O) groups is 3. The van der Waals surface area contributed by atoms with Gasteiger partial charge in [-0.05, 0) is 107 Å². The van der Waals surface area contributed by atoms with Crippen molar-refractivity contribution in [1.82, 2.24) is 15.5 Å². The second kappa shape index (κ2) is 11.5. The first-order valence-electron chi connectivity index (χ1n) is 14.4. The molecule has 2 saturated heterocycles. The van der Waals surface area contributed by atoms with Crippen molar-refractivity contribution in [1.29, 1.82) is 0 Å². The molecule has 4 bridgehead atoms. The summed E-state index contributed by atoms with van der Waals surface area (Å²) < 4.78 is 5.99. The van der Waals surface area contributed by atoms with Gasteiger partial charge in [0, 0.05) is 26.1 Å². The topological polar surface area (TPSA) is 87.7 Å². The van der Waals surface area contributed by atoms with Gasteiger partial charge in [0.2, 0.25) is 11.8 Å². The molecule has 2 amide bonds. The average molecular weight is 498 g/mol. The van der Waals surface area contributed by atoms with Crippen LogP contribution in [-0.4, -0.2) is 61.5 Å². The minimum absolute atomic E-state index is 0.000334. The van der Waals surface area contributed by atoms with E-state index >= 15 is 0 Å². The van der Waals surface area contributed by atoms with Crippen molar-refractivity contribution in [2.24, 2.45) is 41.4 Å². The Morgan fingerprint density at radius 2 is 1.72 bits per heavy atom. The molecule has 0 aromatic rings. The molecule has 198 valence electrons. The Balaban J connectivity index is 1.06. The molecule has 7 heteroatoms. The summed E-state index contributed by atoms with van der Waals surface area (Å²) in [6, 6.07) is 0. The minimum Gasteiger partial charge on any atom is -0.461 e. The zero-order valence-electron chi connectivity index (χ0n) is 21.6. The molecule has 0 aromatic heterocycles. The summed E-state index contributed by atoms with van der Waals surface area (Å²) in [5, 5.41) is 6.27. The number of nitrogens with one attached hydrogen (secondary N) is 2. The van der Waals surface area contributed by atoms with E-state index in [9.17, 15) is 14.4 Å². The van der Waals surface area contributed by atoms with Crippen LogP contribution in [0.5, 0.6) is 0 Å². The first kappa shape index (κ1) is 25.6. The third-order valence-electron chi connectivity index (χ3n) is 9.73. The molecule has 36 heavy (non-hydrogen) atoms.